The van der Waals surface area contributed by atoms with Crippen molar-refractivity contribution in [1.29, 1.82) is 0 Å². The number of anilines is 1. The van der Waals surface area contributed by atoms with Crippen molar-refractivity contribution in [1.82, 2.24) is 15.2 Å². The van der Waals surface area contributed by atoms with Crippen LogP contribution in [0.25, 0.3) is 0 Å². The van der Waals surface area contributed by atoms with Crippen molar-refractivity contribution in [3.63, 3.8) is 0 Å². The van der Waals surface area contributed by atoms with E-state index in [-0.39, 0.29) is 0 Å². The normalized spacial score (nSPS) is 10.6. The Hall–Kier alpha value is -1.55. The average Bonchev–Trinajstić information content (AvgIpc) is 2.59. The van der Waals surface area contributed by atoms with Gasteiger partial charge in [0.05, 0.1) is 11.4 Å². The fraction of sp³-hybridized carbons (Fsp3) is 0.333. The summed E-state index contributed by atoms with van der Waals surface area (Å²) in [6, 6.07) is 1.93. The highest BCUT2D eigenvalue weighted by Crippen LogP contribution is 2.24. The molecule has 2 rings (SSSR count). The highest BCUT2D eigenvalue weighted by Gasteiger charge is 2.08. The minimum absolute atomic E-state index is 0.504. The van der Waals surface area contributed by atoms with Crippen LogP contribution in [0.15, 0.2) is 12.3 Å². The maximum atomic E-state index is 6.05. The monoisotopic (exact) mass is 250 g/mol. The van der Waals surface area contributed by atoms with E-state index in [2.05, 4.69) is 20.5 Å². The minimum atomic E-state index is 0.504. The molecule has 0 aliphatic rings. The van der Waals surface area contributed by atoms with Crippen molar-refractivity contribution >= 4 is 17.3 Å². The summed E-state index contributed by atoms with van der Waals surface area (Å²) in [4.78, 5) is 4.06. The summed E-state index contributed by atoms with van der Waals surface area (Å²) >= 11 is 6.05. The van der Waals surface area contributed by atoms with E-state index in [1.807, 2.05) is 26.8 Å². The second kappa shape index (κ2) is 4.75. The Kier molecular flexibility index (Phi) is 3.33. The number of hydrogen-bond donors (Lipinski definition) is 2. The van der Waals surface area contributed by atoms with Gasteiger partial charge in [0.2, 0.25) is 0 Å². The zero-order chi connectivity index (χ0) is 12.4. The van der Waals surface area contributed by atoms with E-state index in [1.165, 1.54) is 5.56 Å². The molecular weight excluding hydrogens is 236 g/mol. The molecule has 0 aromatic carbocycles. The molecule has 90 valence electrons. The Bertz CT molecular complexity index is 494. The Balaban J connectivity index is 2.18. The van der Waals surface area contributed by atoms with Crippen molar-refractivity contribution < 1.29 is 0 Å². The number of H-pyrrole nitrogens is 1. The Morgan fingerprint density at radius 3 is 2.71 bits per heavy atom. The van der Waals surface area contributed by atoms with Gasteiger partial charge >= 0.3 is 0 Å². The number of pyridine rings is 1. The van der Waals surface area contributed by atoms with E-state index in [9.17, 15) is 0 Å². The van der Waals surface area contributed by atoms with Crippen LogP contribution < -0.4 is 5.32 Å². The first-order chi connectivity index (χ1) is 8.09. The summed E-state index contributed by atoms with van der Waals surface area (Å²) in [5, 5.41) is 10.9. The quantitative estimate of drug-likeness (QED) is 0.824. The lowest BCUT2D eigenvalue weighted by Crippen LogP contribution is -2.04. The number of aryl methyl sites for hydroxylation is 3. The van der Waals surface area contributed by atoms with E-state index >= 15 is 0 Å². The van der Waals surface area contributed by atoms with Gasteiger partial charge in [-0.3, -0.25) is 5.10 Å². The van der Waals surface area contributed by atoms with Crippen molar-refractivity contribution in [2.75, 3.05) is 5.32 Å². The number of nitrogens with one attached hydrogen (secondary N) is 2. The third-order valence-corrected chi connectivity index (χ3v) is 3.12. The van der Waals surface area contributed by atoms with Crippen LogP contribution in [0, 0.1) is 20.8 Å². The molecule has 0 unspecified atom stereocenters. The zero-order valence-electron chi connectivity index (χ0n) is 10.1. The van der Waals surface area contributed by atoms with Gasteiger partial charge in [-0.2, -0.15) is 5.10 Å². The summed E-state index contributed by atoms with van der Waals surface area (Å²) in [6.07, 6.45) is 1.71. The second-order valence-electron chi connectivity index (χ2n) is 4.06. The van der Waals surface area contributed by atoms with Crippen molar-refractivity contribution in [2.45, 2.75) is 27.3 Å². The third-order valence-electron chi connectivity index (χ3n) is 2.84. The van der Waals surface area contributed by atoms with Crippen LogP contribution in [0.3, 0.4) is 0 Å². The Morgan fingerprint density at radius 1 is 1.35 bits per heavy atom. The van der Waals surface area contributed by atoms with Gasteiger partial charge in [-0.05, 0) is 32.4 Å². The van der Waals surface area contributed by atoms with E-state index in [4.69, 9.17) is 11.6 Å². The first-order valence-electron chi connectivity index (χ1n) is 5.45. The molecule has 0 aliphatic carbocycles. The van der Waals surface area contributed by atoms with Crippen molar-refractivity contribution in [3.8, 4) is 0 Å². The molecule has 17 heavy (non-hydrogen) atoms. The Morgan fingerprint density at radius 2 is 2.12 bits per heavy atom. The average molecular weight is 251 g/mol. The molecule has 0 fully saturated rings. The highest BCUT2D eigenvalue weighted by molar-refractivity contribution is 6.32. The van der Waals surface area contributed by atoms with Gasteiger partial charge in [0.1, 0.15) is 0 Å². The topological polar surface area (TPSA) is 53.6 Å². The van der Waals surface area contributed by atoms with Gasteiger partial charge in [-0.25, -0.2) is 4.98 Å². The van der Waals surface area contributed by atoms with E-state index in [0.717, 1.165) is 22.6 Å². The van der Waals surface area contributed by atoms with Gasteiger partial charge in [0.15, 0.2) is 5.15 Å². The number of halogens is 1. The fourth-order valence-electron chi connectivity index (χ4n) is 1.75. The number of aromatic nitrogens is 3. The molecule has 5 heteroatoms. The molecule has 2 aromatic rings. The van der Waals surface area contributed by atoms with Gasteiger partial charge in [-0.1, -0.05) is 11.6 Å². The smallest absolute Gasteiger partial charge is 0.152 e. The van der Waals surface area contributed by atoms with Crippen LogP contribution >= 0.6 is 11.6 Å². The maximum absolute atomic E-state index is 6.05. The van der Waals surface area contributed by atoms with Crippen molar-refractivity contribution in [2.24, 2.45) is 0 Å². The summed E-state index contributed by atoms with van der Waals surface area (Å²) in [6.45, 7) is 6.69. The highest BCUT2D eigenvalue weighted by atomic mass is 35.5. The molecular formula is C12H15ClN4. The van der Waals surface area contributed by atoms with Crippen LogP contribution in [-0.2, 0) is 6.54 Å². The number of nitrogens with zero attached hydrogens (tertiary/aromatic N) is 2. The third kappa shape index (κ3) is 2.42. The lowest BCUT2D eigenvalue weighted by Gasteiger charge is -2.10. The first kappa shape index (κ1) is 11.9. The zero-order valence-corrected chi connectivity index (χ0v) is 10.9. The predicted octanol–water partition coefficient (Wildman–Crippen LogP) is 3.00. The first-order valence-corrected chi connectivity index (χ1v) is 5.83. The SMILES string of the molecule is Cc1ccnc(Cl)c1NCc1c(C)n[nH]c1C. The maximum Gasteiger partial charge on any atom is 0.152 e. The molecule has 0 amide bonds. The van der Waals surface area contributed by atoms with E-state index in [1.54, 1.807) is 6.20 Å². The molecule has 2 N–H and O–H groups in total. The number of hydrogen-bond acceptors (Lipinski definition) is 3. The van der Waals surface area contributed by atoms with E-state index < -0.39 is 0 Å². The molecule has 0 saturated heterocycles. The largest absolute Gasteiger partial charge is 0.378 e. The molecule has 0 radical (unpaired) electrons. The van der Waals surface area contributed by atoms with E-state index in [0.29, 0.717) is 11.7 Å². The van der Waals surface area contributed by atoms with Crippen LogP contribution in [0.4, 0.5) is 5.69 Å². The van der Waals surface area contributed by atoms with Crippen LogP contribution in [0.2, 0.25) is 5.15 Å². The molecule has 2 heterocycles. The number of rotatable bonds is 3. The summed E-state index contributed by atoms with van der Waals surface area (Å²) in [7, 11) is 0. The molecule has 0 aliphatic heterocycles. The lowest BCUT2D eigenvalue weighted by atomic mass is 10.2. The van der Waals surface area contributed by atoms with Crippen LogP contribution in [-0.4, -0.2) is 15.2 Å². The standard InChI is InChI=1S/C12H15ClN4/c1-7-4-5-14-12(13)11(7)15-6-10-8(2)16-17-9(10)3/h4-5,15H,6H2,1-3H3,(H,16,17). The fourth-order valence-corrected chi connectivity index (χ4v) is 2.02. The molecule has 2 aromatic heterocycles. The van der Waals surface area contributed by atoms with Gasteiger partial charge in [-0.15, -0.1) is 0 Å². The van der Waals surface area contributed by atoms with Crippen LogP contribution in [0.1, 0.15) is 22.5 Å². The van der Waals surface area contributed by atoms with Crippen LogP contribution in [0.5, 0.6) is 0 Å². The molecule has 0 bridgehead atoms. The lowest BCUT2D eigenvalue weighted by molar-refractivity contribution is 1.02. The predicted molar refractivity (Wildman–Crippen MR) is 69.4 cm³/mol. The molecule has 0 spiro atoms. The van der Waals surface area contributed by atoms with Gasteiger partial charge < -0.3 is 5.32 Å². The molecule has 4 nitrogen and oxygen atoms in total. The summed E-state index contributed by atoms with van der Waals surface area (Å²) in [5.41, 5.74) is 5.22. The second-order valence-corrected chi connectivity index (χ2v) is 4.42. The summed E-state index contributed by atoms with van der Waals surface area (Å²) < 4.78 is 0. The Labute approximate surface area is 105 Å². The molecule has 0 saturated carbocycles. The summed E-state index contributed by atoms with van der Waals surface area (Å²) in [5.74, 6) is 0. The van der Waals surface area contributed by atoms with Crippen molar-refractivity contribution in [3.05, 3.63) is 39.9 Å². The van der Waals surface area contributed by atoms with Gasteiger partial charge in [0.25, 0.3) is 0 Å². The minimum Gasteiger partial charge on any atom is -0.378 e. The number of aromatic amines is 1. The van der Waals surface area contributed by atoms with Gasteiger partial charge in [0, 0.05) is 24.0 Å². The molecule has 0 atom stereocenters.